The van der Waals surface area contributed by atoms with E-state index in [9.17, 15) is 22.8 Å². The van der Waals surface area contributed by atoms with Crippen molar-refractivity contribution >= 4 is 27.1 Å². The maximum absolute atomic E-state index is 12.9. The lowest BCUT2D eigenvalue weighted by molar-refractivity contribution is -0.161. The molecular formula is C22H15F3O3S. The molecule has 0 N–H and O–H groups in total. The maximum atomic E-state index is 12.9. The second-order valence-electron chi connectivity index (χ2n) is 6.51. The van der Waals surface area contributed by atoms with Crippen LogP contribution in [0.15, 0.2) is 82.6 Å². The van der Waals surface area contributed by atoms with Crippen LogP contribution in [0.2, 0.25) is 0 Å². The highest BCUT2D eigenvalue weighted by Crippen LogP contribution is 2.46. The van der Waals surface area contributed by atoms with Crippen molar-refractivity contribution in [1.29, 1.82) is 0 Å². The Morgan fingerprint density at radius 2 is 1.76 bits per heavy atom. The van der Waals surface area contributed by atoms with E-state index < -0.39 is 29.2 Å². The Kier molecular flexibility index (Phi) is 5.00. The molecule has 0 radical (unpaired) electrons. The number of Topliss-reactive ketones (excluding diaryl/α,β-unsaturated/α-hetero) is 1. The molecule has 1 aliphatic carbocycles. The zero-order chi connectivity index (χ0) is 20.6. The van der Waals surface area contributed by atoms with E-state index in [4.69, 9.17) is 0 Å². The highest BCUT2D eigenvalue weighted by atomic mass is 32.2. The topological polar surface area (TPSA) is 43.4 Å². The molecule has 2 aromatic rings. The van der Waals surface area contributed by atoms with Gasteiger partial charge in [-0.15, -0.1) is 10.5 Å². The summed E-state index contributed by atoms with van der Waals surface area (Å²) in [6.45, 7) is -1.62. The van der Waals surface area contributed by atoms with Gasteiger partial charge in [-0.2, -0.15) is 13.2 Å². The normalized spacial score (nSPS) is 20.2. The van der Waals surface area contributed by atoms with Crippen molar-refractivity contribution in [3.05, 3.63) is 84.0 Å². The summed E-state index contributed by atoms with van der Waals surface area (Å²) in [4.78, 5) is 27.5. The smallest absolute Gasteiger partial charge is 0.422 e. The Morgan fingerprint density at radius 3 is 2.48 bits per heavy atom. The largest absolute Gasteiger partial charge is 0.452 e. The molecule has 0 bridgehead atoms. The van der Waals surface area contributed by atoms with Crippen molar-refractivity contribution < 1.29 is 27.5 Å². The summed E-state index contributed by atoms with van der Waals surface area (Å²) in [7, 11) is -0.534. The van der Waals surface area contributed by atoms with Crippen molar-refractivity contribution in [2.45, 2.75) is 16.0 Å². The minimum atomic E-state index is -4.57. The summed E-state index contributed by atoms with van der Waals surface area (Å²) in [6, 6.07) is 13.7. The molecule has 0 fully saturated rings. The van der Waals surface area contributed by atoms with Gasteiger partial charge in [0.2, 0.25) is 0 Å². The van der Waals surface area contributed by atoms with E-state index in [0.29, 0.717) is 5.56 Å². The average molecular weight is 416 g/mol. The van der Waals surface area contributed by atoms with Gasteiger partial charge in [0.05, 0.1) is 11.5 Å². The van der Waals surface area contributed by atoms with E-state index in [2.05, 4.69) is 4.74 Å². The Morgan fingerprint density at radius 1 is 1.03 bits per heavy atom. The van der Waals surface area contributed by atoms with E-state index in [1.54, 1.807) is 12.1 Å². The van der Waals surface area contributed by atoms with Gasteiger partial charge in [0, 0.05) is 15.4 Å². The van der Waals surface area contributed by atoms with Gasteiger partial charge in [-0.1, -0.05) is 42.5 Å². The summed E-state index contributed by atoms with van der Waals surface area (Å²) in [5.74, 6) is -1.32. The minimum Gasteiger partial charge on any atom is -0.452 e. The molecule has 7 heteroatoms. The Hall–Kier alpha value is -2.93. The molecule has 2 aromatic carbocycles. The van der Waals surface area contributed by atoms with Crippen LogP contribution in [0, 0.1) is 5.92 Å². The fourth-order valence-electron chi connectivity index (χ4n) is 3.30. The molecule has 0 saturated carbocycles. The number of carbonyl (C=O) groups excluding carboxylic acids is 2. The number of ketones is 1. The monoisotopic (exact) mass is 416 g/mol. The van der Waals surface area contributed by atoms with Gasteiger partial charge in [-0.05, 0) is 35.2 Å². The molecule has 0 aromatic heterocycles. The molecule has 0 spiro atoms. The second kappa shape index (κ2) is 7.48. The number of fused-ring (bicyclic) bond motifs is 2. The predicted molar refractivity (Wildman–Crippen MR) is 104 cm³/mol. The first kappa shape index (κ1) is 19.4. The van der Waals surface area contributed by atoms with Crippen LogP contribution in [0.4, 0.5) is 13.2 Å². The molecule has 3 nitrogen and oxygen atoms in total. The van der Waals surface area contributed by atoms with Crippen LogP contribution in [0.5, 0.6) is 0 Å². The molecule has 29 heavy (non-hydrogen) atoms. The molecule has 2 aliphatic rings. The van der Waals surface area contributed by atoms with Crippen molar-refractivity contribution in [1.82, 2.24) is 0 Å². The lowest BCUT2D eigenvalue weighted by atomic mass is 9.91. The van der Waals surface area contributed by atoms with Gasteiger partial charge in [-0.25, -0.2) is 4.79 Å². The third-order valence-corrected chi connectivity index (χ3v) is 6.97. The Labute approximate surface area is 167 Å². The molecule has 2 atom stereocenters. The summed E-state index contributed by atoms with van der Waals surface area (Å²) in [5, 5.41) is 0. The minimum absolute atomic E-state index is 0.0450. The summed E-state index contributed by atoms with van der Waals surface area (Å²) in [5.41, 5.74) is 0.710. The Balaban J connectivity index is 1.72. The van der Waals surface area contributed by atoms with Crippen LogP contribution in [0.3, 0.4) is 0 Å². The first-order valence-electron chi connectivity index (χ1n) is 8.78. The number of carbonyl (C=O) groups is 2. The van der Waals surface area contributed by atoms with Gasteiger partial charge in [0.25, 0.3) is 0 Å². The number of esters is 1. The van der Waals surface area contributed by atoms with Crippen molar-refractivity contribution in [3.8, 4) is 0 Å². The molecule has 0 saturated heterocycles. The number of alkyl halides is 3. The van der Waals surface area contributed by atoms with E-state index in [0.717, 1.165) is 14.7 Å². The molecular weight excluding hydrogens is 401 g/mol. The van der Waals surface area contributed by atoms with Gasteiger partial charge in [-0.3, -0.25) is 4.79 Å². The van der Waals surface area contributed by atoms with E-state index >= 15 is 0 Å². The third-order valence-electron chi connectivity index (χ3n) is 4.56. The number of rotatable bonds is 3. The average Bonchev–Trinajstić information content (AvgIpc) is 2.72. The Bertz CT molecular complexity index is 1080. The van der Waals surface area contributed by atoms with E-state index in [1.165, 1.54) is 12.1 Å². The highest BCUT2D eigenvalue weighted by molar-refractivity contribution is 8.16. The van der Waals surface area contributed by atoms with Crippen molar-refractivity contribution in [2.75, 3.05) is 6.61 Å². The van der Waals surface area contributed by atoms with Crippen LogP contribution < -0.4 is 0 Å². The molecule has 1 aliphatic heterocycles. The van der Waals surface area contributed by atoms with Crippen LogP contribution in [-0.4, -0.2) is 29.4 Å². The molecule has 2 unspecified atom stereocenters. The molecule has 1 heterocycles. The quantitative estimate of drug-likeness (QED) is 0.510. The van der Waals surface area contributed by atoms with Gasteiger partial charge in [0.15, 0.2) is 12.4 Å². The van der Waals surface area contributed by atoms with Crippen LogP contribution in [0.1, 0.15) is 20.7 Å². The lowest BCUT2D eigenvalue weighted by Gasteiger charge is -2.28. The fourth-order valence-corrected chi connectivity index (χ4v) is 5.75. The number of hydrogen-bond donors (Lipinski definition) is 0. The summed E-state index contributed by atoms with van der Waals surface area (Å²) in [6.07, 6.45) is 2.97. The molecule has 4 rings (SSSR count). The number of ether oxygens (including phenoxy) is 1. The number of hydrogen-bond acceptors (Lipinski definition) is 3. The summed E-state index contributed by atoms with van der Waals surface area (Å²) < 4.78 is 41.1. The van der Waals surface area contributed by atoms with Gasteiger partial charge < -0.3 is 4.74 Å². The van der Waals surface area contributed by atoms with E-state index in [1.807, 2.05) is 48.6 Å². The molecule has 0 amide bonds. The van der Waals surface area contributed by atoms with Gasteiger partial charge in [0.1, 0.15) is 0 Å². The SMILES string of the molecule is O=C(OCC(F)(F)F)c1ccc(S2=C3C=CC=CC3C(=O)c3ccccc32)cc1. The molecule has 148 valence electrons. The number of benzene rings is 2. The fraction of sp³-hybridized carbons (Fsp3) is 0.136. The number of halogens is 3. The predicted octanol–water partition coefficient (Wildman–Crippen LogP) is 5.20. The number of allylic oxidation sites excluding steroid dienone is 4. The first-order valence-corrected chi connectivity index (χ1v) is 10.0. The third kappa shape index (κ3) is 3.82. The van der Waals surface area contributed by atoms with Crippen LogP contribution in [0.25, 0.3) is 0 Å². The highest BCUT2D eigenvalue weighted by Gasteiger charge is 2.32. The zero-order valence-electron chi connectivity index (χ0n) is 15.0. The summed E-state index contributed by atoms with van der Waals surface area (Å²) >= 11 is 0. The van der Waals surface area contributed by atoms with Crippen molar-refractivity contribution in [3.63, 3.8) is 0 Å². The lowest BCUT2D eigenvalue weighted by Crippen LogP contribution is -2.27. The van der Waals surface area contributed by atoms with Crippen LogP contribution in [-0.2, 0) is 4.74 Å². The van der Waals surface area contributed by atoms with Gasteiger partial charge >= 0.3 is 12.1 Å². The maximum Gasteiger partial charge on any atom is 0.422 e. The van der Waals surface area contributed by atoms with Crippen molar-refractivity contribution in [2.24, 2.45) is 5.92 Å². The zero-order valence-corrected chi connectivity index (χ0v) is 15.8. The van der Waals surface area contributed by atoms with E-state index in [-0.39, 0.29) is 17.3 Å². The standard InChI is InChI=1S/C22H15F3O3S/c23-22(24,25)13-28-21(27)14-9-11-15(12-10-14)29-18-7-3-1-5-16(18)20(26)17-6-2-4-8-19(17)29/h1-12,16H,13H2. The first-order chi connectivity index (χ1) is 13.8. The van der Waals surface area contributed by atoms with Crippen LogP contribution >= 0.6 is 10.5 Å². The second-order valence-corrected chi connectivity index (χ2v) is 8.50.